The fraction of sp³-hybridized carbons (Fsp3) is 0.172. The zero-order valence-corrected chi connectivity index (χ0v) is 35.3. The predicted octanol–water partition coefficient (Wildman–Crippen LogP) is 16.1. The van der Waals surface area contributed by atoms with Gasteiger partial charge < -0.3 is 4.90 Å². The Labute approximate surface area is 350 Å². The highest BCUT2D eigenvalue weighted by Crippen LogP contribution is 2.59. The fourth-order valence-electron chi connectivity index (χ4n) is 10.3. The van der Waals surface area contributed by atoms with Gasteiger partial charge in [0.05, 0.1) is 5.69 Å². The zero-order valence-electron chi connectivity index (χ0n) is 35.3. The first kappa shape index (κ1) is 36.9. The topological polar surface area (TPSA) is 3.24 Å². The number of hydrogen-bond acceptors (Lipinski definition) is 1. The van der Waals surface area contributed by atoms with Crippen LogP contribution in [0.1, 0.15) is 76.3 Å². The van der Waals surface area contributed by atoms with E-state index in [4.69, 9.17) is 0 Å². The molecule has 2 aliphatic carbocycles. The first-order chi connectivity index (χ1) is 28.4. The summed E-state index contributed by atoms with van der Waals surface area (Å²) in [6, 6.07) is 67.7. The van der Waals surface area contributed by atoms with E-state index in [9.17, 15) is 0 Å². The lowest BCUT2D eigenvalue weighted by molar-refractivity contribution is 0.557. The first-order valence-electron chi connectivity index (χ1n) is 21.1. The number of anilines is 3. The molecular formula is C58H51N. The van der Waals surface area contributed by atoms with E-state index in [0.29, 0.717) is 0 Å². The molecular weight excluding hydrogens is 711 g/mol. The third kappa shape index (κ3) is 5.90. The molecule has 0 aliphatic heterocycles. The van der Waals surface area contributed by atoms with Crippen molar-refractivity contribution in [2.24, 2.45) is 0 Å². The maximum Gasteiger partial charge on any atom is 0.0543 e. The molecule has 288 valence electrons. The molecule has 0 saturated heterocycles. The number of benzene rings is 8. The summed E-state index contributed by atoms with van der Waals surface area (Å²) >= 11 is 0. The minimum Gasteiger partial charge on any atom is -0.310 e. The van der Waals surface area contributed by atoms with Crippen LogP contribution in [0.4, 0.5) is 17.1 Å². The van der Waals surface area contributed by atoms with E-state index < -0.39 is 0 Å². The third-order valence-corrected chi connectivity index (χ3v) is 13.1. The van der Waals surface area contributed by atoms with E-state index in [0.717, 1.165) is 11.4 Å². The molecule has 0 saturated carbocycles. The van der Waals surface area contributed by atoms with Crippen LogP contribution < -0.4 is 4.90 Å². The lowest BCUT2D eigenvalue weighted by atomic mass is 9.71. The average Bonchev–Trinajstić information content (AvgIpc) is 3.63. The van der Waals surface area contributed by atoms with Gasteiger partial charge in [0.1, 0.15) is 0 Å². The molecule has 2 aliphatic rings. The van der Waals surface area contributed by atoms with Crippen LogP contribution in [0.3, 0.4) is 0 Å². The largest absolute Gasteiger partial charge is 0.310 e. The van der Waals surface area contributed by atoms with Gasteiger partial charge in [0.2, 0.25) is 0 Å². The normalized spacial score (nSPS) is 14.3. The van der Waals surface area contributed by atoms with Crippen LogP contribution in [0.25, 0.3) is 55.6 Å². The molecule has 0 N–H and O–H groups in total. The van der Waals surface area contributed by atoms with E-state index in [2.05, 4.69) is 235 Å². The molecule has 0 unspecified atom stereocenters. The second-order valence-electron chi connectivity index (χ2n) is 18.6. The van der Waals surface area contributed by atoms with Crippen molar-refractivity contribution in [1.29, 1.82) is 0 Å². The Morgan fingerprint density at radius 1 is 0.373 bits per heavy atom. The van der Waals surface area contributed by atoms with E-state index in [1.807, 2.05) is 0 Å². The van der Waals surface area contributed by atoms with Crippen molar-refractivity contribution in [1.82, 2.24) is 0 Å². The lowest BCUT2D eigenvalue weighted by Crippen LogP contribution is -2.24. The smallest absolute Gasteiger partial charge is 0.0543 e. The standard InChI is InChI=1S/C58H51N/c1-56(2,3)51-36-42(39-21-13-9-14-22-39)35-48-47-33-34-52(53(41-23-15-10-16-24-41)55(47)58(6,7)54(48)51)59(43-29-27-40(28-30-43)38-19-11-8-12-20-38)44-31-32-46-45-25-17-18-26-49(45)57(4,5)50(46)37-44/h8-37H,1-7H3. The van der Waals surface area contributed by atoms with Crippen molar-refractivity contribution in [3.8, 4) is 55.6 Å². The van der Waals surface area contributed by atoms with Crippen LogP contribution in [0, 0.1) is 0 Å². The zero-order chi connectivity index (χ0) is 40.7. The van der Waals surface area contributed by atoms with E-state index in [1.54, 1.807) is 0 Å². The summed E-state index contributed by atoms with van der Waals surface area (Å²) in [4.78, 5) is 2.52. The van der Waals surface area contributed by atoms with Crippen LogP contribution >= 0.6 is 0 Å². The molecule has 8 aromatic rings. The highest BCUT2D eigenvalue weighted by Gasteiger charge is 2.43. The maximum absolute atomic E-state index is 2.52. The van der Waals surface area contributed by atoms with Crippen LogP contribution in [-0.2, 0) is 16.2 Å². The molecule has 0 aromatic heterocycles. The minimum atomic E-state index is -0.284. The van der Waals surface area contributed by atoms with Crippen molar-refractivity contribution in [2.75, 3.05) is 4.90 Å². The first-order valence-corrected chi connectivity index (χ1v) is 21.1. The molecule has 0 atom stereocenters. The highest BCUT2D eigenvalue weighted by molar-refractivity contribution is 5.99. The Hall–Kier alpha value is -6.44. The van der Waals surface area contributed by atoms with Gasteiger partial charge in [-0.25, -0.2) is 0 Å². The predicted molar refractivity (Wildman–Crippen MR) is 251 cm³/mol. The second kappa shape index (κ2) is 13.6. The summed E-state index contributed by atoms with van der Waals surface area (Å²) in [5.41, 5.74) is 22.7. The van der Waals surface area contributed by atoms with Gasteiger partial charge in [-0.1, -0.05) is 194 Å². The van der Waals surface area contributed by atoms with E-state index >= 15 is 0 Å². The average molecular weight is 762 g/mol. The second-order valence-corrected chi connectivity index (χ2v) is 18.6. The van der Waals surface area contributed by atoms with Gasteiger partial charge in [0.15, 0.2) is 0 Å². The summed E-state index contributed by atoms with van der Waals surface area (Å²) in [5, 5.41) is 0. The van der Waals surface area contributed by atoms with Gasteiger partial charge in [0, 0.05) is 27.8 Å². The van der Waals surface area contributed by atoms with Crippen LogP contribution in [0.15, 0.2) is 182 Å². The fourth-order valence-corrected chi connectivity index (χ4v) is 10.3. The monoisotopic (exact) mass is 761 g/mol. The molecule has 59 heavy (non-hydrogen) atoms. The van der Waals surface area contributed by atoms with Gasteiger partial charge in [-0.15, -0.1) is 0 Å². The molecule has 0 bridgehead atoms. The maximum atomic E-state index is 2.52. The number of fused-ring (bicyclic) bond motifs is 6. The van der Waals surface area contributed by atoms with Gasteiger partial charge in [0.25, 0.3) is 0 Å². The highest BCUT2D eigenvalue weighted by atomic mass is 15.1. The van der Waals surface area contributed by atoms with Gasteiger partial charge in [-0.2, -0.15) is 0 Å². The quantitative estimate of drug-likeness (QED) is 0.163. The van der Waals surface area contributed by atoms with Crippen LogP contribution in [0.5, 0.6) is 0 Å². The SMILES string of the molecule is CC(C)(C)c1cc(-c2ccccc2)cc2c1C(C)(C)c1c-2ccc(N(c2ccc(-c3ccccc3)cc2)c2ccc3c(c2)C(C)(C)c2ccccc2-3)c1-c1ccccc1. The molecule has 0 spiro atoms. The number of rotatable bonds is 6. The third-order valence-electron chi connectivity index (χ3n) is 13.1. The Morgan fingerprint density at radius 2 is 0.898 bits per heavy atom. The summed E-state index contributed by atoms with van der Waals surface area (Å²) in [6.07, 6.45) is 0. The van der Waals surface area contributed by atoms with Gasteiger partial charge in [-0.3, -0.25) is 0 Å². The van der Waals surface area contributed by atoms with Crippen molar-refractivity contribution in [2.45, 2.75) is 64.7 Å². The van der Waals surface area contributed by atoms with Crippen molar-refractivity contribution in [3.05, 3.63) is 210 Å². The Kier molecular flexibility index (Phi) is 8.48. The molecule has 0 fully saturated rings. The van der Waals surface area contributed by atoms with Crippen molar-refractivity contribution < 1.29 is 0 Å². The molecule has 0 heterocycles. The summed E-state index contributed by atoms with van der Waals surface area (Å²) in [7, 11) is 0. The van der Waals surface area contributed by atoms with Crippen molar-refractivity contribution >= 4 is 17.1 Å². The molecule has 1 heteroatoms. The van der Waals surface area contributed by atoms with Gasteiger partial charge >= 0.3 is 0 Å². The Morgan fingerprint density at radius 3 is 1.54 bits per heavy atom. The molecule has 0 amide bonds. The van der Waals surface area contributed by atoms with Crippen molar-refractivity contribution in [3.63, 3.8) is 0 Å². The van der Waals surface area contributed by atoms with Crippen LogP contribution in [-0.4, -0.2) is 0 Å². The number of hydrogen-bond donors (Lipinski definition) is 0. The summed E-state index contributed by atoms with van der Waals surface area (Å²) in [5.74, 6) is 0. The lowest BCUT2D eigenvalue weighted by Gasteiger charge is -2.34. The van der Waals surface area contributed by atoms with Crippen LogP contribution in [0.2, 0.25) is 0 Å². The Balaban J connectivity index is 1.25. The Bertz CT molecular complexity index is 2870. The summed E-state index contributed by atoms with van der Waals surface area (Å²) < 4.78 is 0. The molecule has 8 aromatic carbocycles. The molecule has 1 nitrogen and oxygen atoms in total. The van der Waals surface area contributed by atoms with Gasteiger partial charge in [-0.05, 0) is 120 Å². The number of nitrogens with zero attached hydrogens (tertiary/aromatic N) is 1. The van der Waals surface area contributed by atoms with E-state index in [1.165, 1.54) is 89.1 Å². The molecule has 10 rings (SSSR count). The van der Waals surface area contributed by atoms with E-state index in [-0.39, 0.29) is 16.2 Å². The minimum absolute atomic E-state index is 0.0642. The molecule has 0 radical (unpaired) electrons. The summed E-state index contributed by atoms with van der Waals surface area (Å²) in [6.45, 7) is 16.8.